The van der Waals surface area contributed by atoms with Gasteiger partial charge in [0.2, 0.25) is 0 Å². The van der Waals surface area contributed by atoms with Gasteiger partial charge in [-0.1, -0.05) is 0 Å². The molecule has 0 N–H and O–H groups in total. The number of carbonyl (C=O) groups excluding carboxylic acids is 2. The molecule has 0 aliphatic rings. The minimum atomic E-state index is -4.96. The van der Waals surface area contributed by atoms with Gasteiger partial charge in [-0.05, 0) is 45.0 Å². The molecule has 0 aliphatic heterocycles. The highest BCUT2D eigenvalue weighted by atomic mass is 19.4. The van der Waals surface area contributed by atoms with E-state index in [-0.39, 0.29) is 11.3 Å². The molecule has 0 aromatic heterocycles. The third-order valence-corrected chi connectivity index (χ3v) is 2.59. The number of alkyl halides is 3. The van der Waals surface area contributed by atoms with Crippen LogP contribution in [0.5, 0.6) is 5.75 Å². The zero-order chi connectivity index (χ0) is 17.8. The van der Waals surface area contributed by atoms with Gasteiger partial charge in [0.1, 0.15) is 23.9 Å². The third-order valence-electron chi connectivity index (χ3n) is 2.59. The highest BCUT2D eigenvalue weighted by Crippen LogP contribution is 2.27. The van der Waals surface area contributed by atoms with E-state index in [2.05, 4.69) is 0 Å². The maximum atomic E-state index is 12.4. The monoisotopic (exact) mass is 333 g/mol. The van der Waals surface area contributed by atoms with Crippen LogP contribution < -0.4 is 9.84 Å². The Morgan fingerprint density at radius 2 is 1.65 bits per heavy atom. The molecular formula is C15H16F3O5-. The van der Waals surface area contributed by atoms with Crippen molar-refractivity contribution in [3.63, 3.8) is 0 Å². The summed E-state index contributed by atoms with van der Waals surface area (Å²) in [6.07, 6.45) is -4.96. The summed E-state index contributed by atoms with van der Waals surface area (Å²) in [6.45, 7) is 3.97. The van der Waals surface area contributed by atoms with Gasteiger partial charge in [-0.15, -0.1) is 0 Å². The molecule has 23 heavy (non-hydrogen) atoms. The number of carboxylic acids is 1. The van der Waals surface area contributed by atoms with Crippen LogP contribution in [-0.4, -0.2) is 30.3 Å². The molecule has 0 saturated heterocycles. The average molecular weight is 333 g/mol. The molecule has 128 valence electrons. The first kappa shape index (κ1) is 18.8. The number of carboxylic acid groups (broad SMARTS) is 1. The number of esters is 1. The smallest absolute Gasteiger partial charge is 0.400 e. The summed E-state index contributed by atoms with van der Waals surface area (Å²) < 4.78 is 47.2. The van der Waals surface area contributed by atoms with Crippen LogP contribution >= 0.6 is 0 Å². The third kappa shape index (κ3) is 6.17. The molecule has 8 heteroatoms. The molecule has 1 aromatic carbocycles. The van der Waals surface area contributed by atoms with E-state index in [0.717, 1.165) is 0 Å². The normalized spacial score (nSPS) is 13.3. The van der Waals surface area contributed by atoms with Crippen LogP contribution in [0, 0.1) is 5.92 Å². The van der Waals surface area contributed by atoms with Crippen molar-refractivity contribution in [2.24, 2.45) is 5.92 Å². The Labute approximate surface area is 131 Å². The predicted molar refractivity (Wildman–Crippen MR) is 71.7 cm³/mol. The van der Waals surface area contributed by atoms with Crippen molar-refractivity contribution in [3.8, 4) is 5.75 Å². The van der Waals surface area contributed by atoms with E-state index in [1.807, 2.05) is 0 Å². The summed E-state index contributed by atoms with van der Waals surface area (Å²) in [4.78, 5) is 22.2. The van der Waals surface area contributed by atoms with Gasteiger partial charge in [-0.25, -0.2) is 4.79 Å². The first-order valence-electron chi connectivity index (χ1n) is 6.64. The van der Waals surface area contributed by atoms with Crippen molar-refractivity contribution < 1.29 is 37.3 Å². The fourth-order valence-corrected chi connectivity index (χ4v) is 1.50. The summed E-state index contributed by atoms with van der Waals surface area (Å²) >= 11 is 0. The first-order valence-corrected chi connectivity index (χ1v) is 6.64. The lowest BCUT2D eigenvalue weighted by molar-refractivity contribution is -0.327. The van der Waals surface area contributed by atoms with Crippen molar-refractivity contribution in [2.75, 3.05) is 6.61 Å². The molecule has 1 atom stereocenters. The number of rotatable bonds is 5. The Morgan fingerprint density at radius 1 is 1.13 bits per heavy atom. The molecular weight excluding hydrogens is 317 g/mol. The van der Waals surface area contributed by atoms with E-state index in [4.69, 9.17) is 9.47 Å². The fraction of sp³-hybridized carbons (Fsp3) is 0.467. The van der Waals surface area contributed by atoms with Gasteiger partial charge in [-0.2, -0.15) is 13.2 Å². The zero-order valence-corrected chi connectivity index (χ0v) is 12.8. The lowest BCUT2D eigenvalue weighted by Crippen LogP contribution is -2.43. The van der Waals surface area contributed by atoms with Crippen molar-refractivity contribution in [2.45, 2.75) is 32.5 Å². The van der Waals surface area contributed by atoms with Crippen LogP contribution in [0.15, 0.2) is 24.3 Å². The molecule has 0 amide bonds. The fourth-order valence-electron chi connectivity index (χ4n) is 1.50. The number of benzene rings is 1. The summed E-state index contributed by atoms with van der Waals surface area (Å²) in [5, 5.41) is 10.5. The minimum absolute atomic E-state index is 0.00666. The molecule has 0 bridgehead atoms. The van der Waals surface area contributed by atoms with Gasteiger partial charge in [0.25, 0.3) is 0 Å². The second kappa shape index (κ2) is 6.89. The zero-order valence-electron chi connectivity index (χ0n) is 12.8. The number of hydrogen-bond acceptors (Lipinski definition) is 5. The molecule has 0 aliphatic carbocycles. The van der Waals surface area contributed by atoms with E-state index in [1.54, 1.807) is 20.8 Å². The van der Waals surface area contributed by atoms with Crippen LogP contribution in [0.1, 0.15) is 31.1 Å². The highest BCUT2D eigenvalue weighted by molar-refractivity contribution is 5.89. The second-order valence-electron chi connectivity index (χ2n) is 5.75. The second-order valence-corrected chi connectivity index (χ2v) is 5.75. The Morgan fingerprint density at radius 3 is 2.04 bits per heavy atom. The molecule has 0 heterocycles. The van der Waals surface area contributed by atoms with E-state index >= 15 is 0 Å². The van der Waals surface area contributed by atoms with Crippen LogP contribution in [-0.2, 0) is 9.53 Å². The number of carbonyl (C=O) groups is 2. The maximum absolute atomic E-state index is 12.4. The summed E-state index contributed by atoms with van der Waals surface area (Å²) in [5.74, 6) is -5.59. The first-order chi connectivity index (χ1) is 10.4. The number of ether oxygens (including phenoxy) is 2. The summed E-state index contributed by atoms with van der Waals surface area (Å²) in [7, 11) is 0. The number of hydrogen-bond donors (Lipinski definition) is 0. The van der Waals surface area contributed by atoms with E-state index < -0.39 is 36.2 Å². The average Bonchev–Trinajstić information content (AvgIpc) is 2.35. The molecule has 0 saturated carbocycles. The van der Waals surface area contributed by atoms with Crippen LogP contribution in [0.2, 0.25) is 0 Å². The van der Waals surface area contributed by atoms with Crippen molar-refractivity contribution >= 4 is 11.9 Å². The van der Waals surface area contributed by atoms with Crippen LogP contribution in [0.3, 0.4) is 0 Å². The summed E-state index contributed by atoms with van der Waals surface area (Å²) in [5.41, 5.74) is -0.486. The van der Waals surface area contributed by atoms with Gasteiger partial charge in [-0.3, -0.25) is 0 Å². The molecule has 0 radical (unpaired) electrons. The molecule has 1 rings (SSSR count). The van der Waals surface area contributed by atoms with Gasteiger partial charge < -0.3 is 19.4 Å². The number of halogens is 3. The standard InChI is InChI=1S/C15H17F3O5/c1-14(2,3)23-13(21)9-4-6-10(7-5-9)22-8-11(12(19)20)15(16,17)18/h4-7,11H,8H2,1-3H3,(H,19,20)/p-1. The lowest BCUT2D eigenvalue weighted by atomic mass is 10.1. The lowest BCUT2D eigenvalue weighted by Gasteiger charge is -2.21. The topological polar surface area (TPSA) is 75.7 Å². The van der Waals surface area contributed by atoms with E-state index in [1.165, 1.54) is 24.3 Å². The Hall–Kier alpha value is -2.25. The largest absolute Gasteiger partial charge is 0.549 e. The van der Waals surface area contributed by atoms with Gasteiger partial charge in [0.15, 0.2) is 0 Å². The van der Waals surface area contributed by atoms with Gasteiger partial charge in [0.05, 0.1) is 11.5 Å². The molecule has 5 nitrogen and oxygen atoms in total. The molecule has 0 spiro atoms. The summed E-state index contributed by atoms with van der Waals surface area (Å²) in [6, 6.07) is 5.12. The van der Waals surface area contributed by atoms with Gasteiger partial charge >= 0.3 is 12.1 Å². The Bertz CT molecular complexity index is 558. The van der Waals surface area contributed by atoms with Gasteiger partial charge in [0, 0.05) is 0 Å². The SMILES string of the molecule is CC(C)(C)OC(=O)c1ccc(OCC(C(=O)[O-])C(F)(F)F)cc1. The number of aliphatic carboxylic acids is 1. The highest BCUT2D eigenvalue weighted by Gasteiger charge is 2.41. The van der Waals surface area contributed by atoms with Crippen molar-refractivity contribution in [1.82, 2.24) is 0 Å². The van der Waals surface area contributed by atoms with E-state index in [9.17, 15) is 27.9 Å². The van der Waals surface area contributed by atoms with Crippen molar-refractivity contribution in [1.29, 1.82) is 0 Å². The molecule has 1 aromatic rings. The van der Waals surface area contributed by atoms with Crippen LogP contribution in [0.25, 0.3) is 0 Å². The van der Waals surface area contributed by atoms with Crippen LogP contribution in [0.4, 0.5) is 13.2 Å². The predicted octanol–water partition coefficient (Wildman–Crippen LogP) is 1.95. The Kier molecular flexibility index (Phi) is 5.63. The molecule has 1 unspecified atom stereocenters. The van der Waals surface area contributed by atoms with Crippen molar-refractivity contribution in [3.05, 3.63) is 29.8 Å². The van der Waals surface area contributed by atoms with E-state index in [0.29, 0.717) is 0 Å². The minimum Gasteiger partial charge on any atom is -0.549 e. The maximum Gasteiger partial charge on any atom is 0.400 e. The Balaban J connectivity index is 2.71. The molecule has 0 fully saturated rings. The quantitative estimate of drug-likeness (QED) is 0.770.